The molecule has 0 spiro atoms. The molecular formula is C22H22F3NO. The summed E-state index contributed by atoms with van der Waals surface area (Å²) in [6.07, 6.45) is -3.78. The number of alkyl halides is 3. The molecule has 0 saturated carbocycles. The van der Waals surface area contributed by atoms with Crippen LogP contribution in [0.1, 0.15) is 28.2 Å². The zero-order valence-corrected chi connectivity index (χ0v) is 15.0. The van der Waals surface area contributed by atoms with Gasteiger partial charge in [0.05, 0.1) is 19.3 Å². The van der Waals surface area contributed by atoms with Crippen molar-refractivity contribution in [2.75, 3.05) is 26.2 Å². The van der Waals surface area contributed by atoms with Crippen LogP contribution in [0.3, 0.4) is 0 Å². The first-order chi connectivity index (χ1) is 12.9. The van der Waals surface area contributed by atoms with Gasteiger partial charge in [0, 0.05) is 19.0 Å². The van der Waals surface area contributed by atoms with Crippen LogP contribution in [0.15, 0.2) is 55.1 Å². The summed E-state index contributed by atoms with van der Waals surface area (Å²) in [6.45, 7) is 4.24. The van der Waals surface area contributed by atoms with Gasteiger partial charge in [0.2, 0.25) is 0 Å². The zero-order valence-electron chi connectivity index (χ0n) is 15.0. The number of hydrogen-bond donors (Lipinski definition) is 0. The average Bonchev–Trinajstić information content (AvgIpc) is 2.74. The Labute approximate surface area is 157 Å². The van der Waals surface area contributed by atoms with E-state index in [1.54, 1.807) is 0 Å². The van der Waals surface area contributed by atoms with Crippen molar-refractivity contribution in [3.63, 3.8) is 0 Å². The monoisotopic (exact) mass is 373 g/mol. The van der Waals surface area contributed by atoms with E-state index in [9.17, 15) is 13.2 Å². The lowest BCUT2D eigenvalue weighted by atomic mass is 9.83. The molecule has 2 atom stereocenters. The van der Waals surface area contributed by atoms with Crippen molar-refractivity contribution in [1.82, 2.24) is 4.90 Å². The highest BCUT2D eigenvalue weighted by atomic mass is 19.4. The van der Waals surface area contributed by atoms with Crippen LogP contribution in [0, 0.1) is 0 Å². The fraction of sp³-hybridized carbons (Fsp3) is 0.364. The lowest BCUT2D eigenvalue weighted by molar-refractivity contribution is -0.160. The van der Waals surface area contributed by atoms with Gasteiger partial charge in [-0.1, -0.05) is 55.1 Å². The Morgan fingerprint density at radius 1 is 1.04 bits per heavy atom. The summed E-state index contributed by atoms with van der Waals surface area (Å²) in [4.78, 5) is 1.46. The first-order valence-corrected chi connectivity index (χ1v) is 9.18. The van der Waals surface area contributed by atoms with Crippen LogP contribution in [0.25, 0.3) is 5.57 Å². The summed E-state index contributed by atoms with van der Waals surface area (Å²) in [5.41, 5.74) is 5.49. The van der Waals surface area contributed by atoms with Crippen LogP contribution in [0.4, 0.5) is 13.2 Å². The van der Waals surface area contributed by atoms with Crippen molar-refractivity contribution < 1.29 is 17.9 Å². The van der Waals surface area contributed by atoms with Crippen LogP contribution >= 0.6 is 0 Å². The Balaban J connectivity index is 1.75. The Kier molecular flexibility index (Phi) is 4.82. The zero-order chi connectivity index (χ0) is 19.0. The topological polar surface area (TPSA) is 12.5 Å². The minimum Gasteiger partial charge on any atom is -0.375 e. The molecule has 1 fully saturated rings. The van der Waals surface area contributed by atoms with Crippen LogP contribution < -0.4 is 0 Å². The molecule has 0 amide bonds. The molecular weight excluding hydrogens is 351 g/mol. The highest BCUT2D eigenvalue weighted by Gasteiger charge is 2.38. The Morgan fingerprint density at radius 3 is 2.52 bits per heavy atom. The Hall–Kier alpha value is -2.11. The molecule has 0 radical (unpaired) electrons. The SMILES string of the molecule is C=C1Cc2ccccc2C(C2CN(CC(F)(F)F)CCO2)c2ccccc21. The molecule has 2 unspecified atom stereocenters. The second-order valence-corrected chi connectivity index (χ2v) is 7.30. The molecule has 0 aromatic heterocycles. The summed E-state index contributed by atoms with van der Waals surface area (Å²) in [6, 6.07) is 16.2. The van der Waals surface area contributed by atoms with Crippen molar-refractivity contribution in [2.24, 2.45) is 0 Å². The molecule has 27 heavy (non-hydrogen) atoms. The molecule has 5 heteroatoms. The van der Waals surface area contributed by atoms with E-state index in [0.29, 0.717) is 13.2 Å². The molecule has 1 saturated heterocycles. The molecule has 1 aliphatic heterocycles. The van der Waals surface area contributed by atoms with E-state index >= 15 is 0 Å². The van der Waals surface area contributed by atoms with Gasteiger partial charge in [-0.3, -0.25) is 4.90 Å². The number of allylic oxidation sites excluding steroid dienone is 1. The smallest absolute Gasteiger partial charge is 0.375 e. The predicted octanol–water partition coefficient (Wildman–Crippen LogP) is 4.65. The number of morpholine rings is 1. The number of benzene rings is 2. The summed E-state index contributed by atoms with van der Waals surface area (Å²) >= 11 is 0. The lowest BCUT2D eigenvalue weighted by Crippen LogP contribution is -2.48. The molecule has 0 bridgehead atoms. The van der Waals surface area contributed by atoms with Crippen molar-refractivity contribution >= 4 is 5.57 Å². The summed E-state index contributed by atoms with van der Waals surface area (Å²) in [5.74, 6) is -0.104. The summed E-state index contributed by atoms with van der Waals surface area (Å²) < 4.78 is 44.8. The molecule has 2 aliphatic rings. The maximum atomic E-state index is 12.9. The fourth-order valence-corrected chi connectivity index (χ4v) is 4.31. The quantitative estimate of drug-likeness (QED) is 0.760. The second-order valence-electron chi connectivity index (χ2n) is 7.30. The third kappa shape index (κ3) is 3.80. The minimum atomic E-state index is -4.20. The molecule has 142 valence electrons. The first kappa shape index (κ1) is 18.3. The van der Waals surface area contributed by atoms with Crippen molar-refractivity contribution in [3.8, 4) is 0 Å². The van der Waals surface area contributed by atoms with Gasteiger partial charge in [0.25, 0.3) is 0 Å². The normalized spacial score (nSPS) is 23.4. The van der Waals surface area contributed by atoms with Gasteiger partial charge in [-0.15, -0.1) is 0 Å². The molecule has 2 nitrogen and oxygen atoms in total. The van der Waals surface area contributed by atoms with Crippen molar-refractivity contribution in [1.29, 1.82) is 0 Å². The van der Waals surface area contributed by atoms with E-state index in [0.717, 1.165) is 28.7 Å². The standard InChI is InChI=1S/C22H22F3NO/c1-15-12-16-6-2-3-8-18(16)21(19-9-5-4-7-17(15)19)20-13-26(10-11-27-20)14-22(23,24)25/h2-9,20-21H,1,10-14H2. The average molecular weight is 373 g/mol. The van der Waals surface area contributed by atoms with Gasteiger partial charge in [-0.25, -0.2) is 0 Å². The predicted molar refractivity (Wildman–Crippen MR) is 99.7 cm³/mol. The number of nitrogens with zero attached hydrogens (tertiary/aromatic N) is 1. The van der Waals surface area contributed by atoms with Crippen LogP contribution in [0.5, 0.6) is 0 Å². The van der Waals surface area contributed by atoms with Gasteiger partial charge in [-0.2, -0.15) is 13.2 Å². The third-order valence-corrected chi connectivity index (χ3v) is 5.42. The summed E-state index contributed by atoms with van der Waals surface area (Å²) in [7, 11) is 0. The summed E-state index contributed by atoms with van der Waals surface area (Å²) in [5, 5.41) is 0. The minimum absolute atomic E-state index is 0.104. The van der Waals surface area contributed by atoms with E-state index in [4.69, 9.17) is 4.74 Å². The van der Waals surface area contributed by atoms with Crippen molar-refractivity contribution in [3.05, 3.63) is 77.4 Å². The molecule has 0 N–H and O–H groups in total. The van der Waals surface area contributed by atoms with Gasteiger partial charge in [0.1, 0.15) is 0 Å². The Bertz CT molecular complexity index is 845. The molecule has 2 aromatic carbocycles. The maximum Gasteiger partial charge on any atom is 0.401 e. The number of ether oxygens (including phenoxy) is 1. The first-order valence-electron chi connectivity index (χ1n) is 9.18. The highest BCUT2D eigenvalue weighted by Crippen LogP contribution is 2.41. The van der Waals surface area contributed by atoms with Gasteiger partial charge in [0.15, 0.2) is 0 Å². The lowest BCUT2D eigenvalue weighted by Gasteiger charge is -2.38. The molecule has 2 aromatic rings. The maximum absolute atomic E-state index is 12.9. The largest absolute Gasteiger partial charge is 0.401 e. The number of rotatable bonds is 2. The number of hydrogen-bond acceptors (Lipinski definition) is 2. The molecule has 4 rings (SSSR count). The van der Waals surface area contributed by atoms with Gasteiger partial charge >= 0.3 is 6.18 Å². The van der Waals surface area contributed by atoms with E-state index in [1.165, 1.54) is 10.5 Å². The molecule has 1 aliphatic carbocycles. The Morgan fingerprint density at radius 2 is 1.74 bits per heavy atom. The van der Waals surface area contributed by atoms with E-state index in [1.807, 2.05) is 30.3 Å². The second kappa shape index (κ2) is 7.13. The fourth-order valence-electron chi connectivity index (χ4n) is 4.31. The van der Waals surface area contributed by atoms with E-state index in [2.05, 4.69) is 24.8 Å². The van der Waals surface area contributed by atoms with Gasteiger partial charge < -0.3 is 4.74 Å². The van der Waals surface area contributed by atoms with E-state index < -0.39 is 12.7 Å². The molecule has 1 heterocycles. The van der Waals surface area contributed by atoms with Crippen molar-refractivity contribution in [2.45, 2.75) is 24.6 Å². The third-order valence-electron chi connectivity index (χ3n) is 5.42. The van der Waals surface area contributed by atoms with Gasteiger partial charge in [-0.05, 0) is 34.2 Å². The highest BCUT2D eigenvalue weighted by molar-refractivity contribution is 5.72. The van der Waals surface area contributed by atoms with Crippen LogP contribution in [-0.2, 0) is 11.2 Å². The van der Waals surface area contributed by atoms with E-state index in [-0.39, 0.29) is 18.6 Å². The van der Waals surface area contributed by atoms with Crippen LogP contribution in [-0.4, -0.2) is 43.4 Å². The van der Waals surface area contributed by atoms with Crippen LogP contribution in [0.2, 0.25) is 0 Å². The number of halogens is 3. The number of fused-ring (bicyclic) bond motifs is 2.